The van der Waals surface area contributed by atoms with Crippen molar-refractivity contribution < 1.29 is 14.2 Å². The number of hydrogen-bond donors (Lipinski definition) is 2. The standard InChI is InChI=1S/C36H41FN6O2/c1-2-21-6-3-7-22-14-26(44)15-27(30(21)22)32-31(37)33-28(17-38-32)34(42-18-24-10-11-25(19-42)39-24)41-35(40-33)45-20-36-12-5-13-43(36)29-9-4-8-23(29)16-36/h3,6-7,14-15,17,23-25,29,39,44H,2,4-5,8-13,16,18-20H2,1H3/t23-,24?,25?,29-,36-/m1/s1. The number of aryl methyl sites for hydroxylation is 1. The third-order valence-electron chi connectivity index (χ3n) is 11.6. The fourth-order valence-corrected chi connectivity index (χ4v) is 9.72. The highest BCUT2D eigenvalue weighted by molar-refractivity contribution is 6.01. The molecule has 9 heteroatoms. The summed E-state index contributed by atoms with van der Waals surface area (Å²) in [7, 11) is 0. The van der Waals surface area contributed by atoms with Gasteiger partial charge >= 0.3 is 6.01 Å². The number of aromatic hydroxyl groups is 1. The van der Waals surface area contributed by atoms with Gasteiger partial charge in [-0.05, 0) is 92.3 Å². The lowest BCUT2D eigenvalue weighted by Gasteiger charge is -2.35. The molecule has 1 aliphatic carbocycles. The molecule has 0 spiro atoms. The Kier molecular flexibility index (Phi) is 6.46. The third-order valence-corrected chi connectivity index (χ3v) is 11.6. The lowest BCUT2D eigenvalue weighted by atomic mass is 9.90. The number of aromatic nitrogens is 3. The predicted octanol–water partition coefficient (Wildman–Crippen LogP) is 5.98. The van der Waals surface area contributed by atoms with E-state index in [2.05, 4.69) is 28.1 Å². The maximum absolute atomic E-state index is 16.9. The van der Waals surface area contributed by atoms with Crippen molar-refractivity contribution in [1.82, 2.24) is 25.2 Å². The number of nitrogens with one attached hydrogen (secondary N) is 1. The summed E-state index contributed by atoms with van der Waals surface area (Å²) in [6.45, 7) is 5.38. The van der Waals surface area contributed by atoms with E-state index >= 15 is 4.39 Å². The Hall–Kier alpha value is -3.56. The first-order valence-corrected chi connectivity index (χ1v) is 17.0. The highest BCUT2D eigenvalue weighted by atomic mass is 19.1. The van der Waals surface area contributed by atoms with Crippen LogP contribution in [0.5, 0.6) is 11.8 Å². The molecule has 5 atom stereocenters. The number of anilines is 1. The number of hydrogen-bond acceptors (Lipinski definition) is 8. The number of fused-ring (bicyclic) bond motifs is 7. The van der Waals surface area contributed by atoms with Crippen molar-refractivity contribution in [2.24, 2.45) is 5.92 Å². The van der Waals surface area contributed by atoms with Gasteiger partial charge in [0.15, 0.2) is 5.82 Å². The molecule has 2 aromatic heterocycles. The van der Waals surface area contributed by atoms with Gasteiger partial charge in [-0.1, -0.05) is 31.5 Å². The van der Waals surface area contributed by atoms with Crippen LogP contribution < -0.4 is 15.0 Å². The summed E-state index contributed by atoms with van der Waals surface area (Å²) in [6.07, 6.45) is 12.2. The molecule has 234 valence electrons. The van der Waals surface area contributed by atoms with Gasteiger partial charge in [-0.2, -0.15) is 9.97 Å². The number of halogens is 1. The van der Waals surface area contributed by atoms with Crippen molar-refractivity contribution in [2.75, 3.05) is 31.1 Å². The largest absolute Gasteiger partial charge is 0.508 e. The van der Waals surface area contributed by atoms with Crippen LogP contribution in [-0.4, -0.2) is 74.9 Å². The van der Waals surface area contributed by atoms with Crippen molar-refractivity contribution in [3.8, 4) is 23.0 Å². The first-order valence-electron chi connectivity index (χ1n) is 17.0. The number of phenolic OH excluding ortho intramolecular Hbond substituents is 1. The van der Waals surface area contributed by atoms with Gasteiger partial charge in [-0.15, -0.1) is 0 Å². The van der Waals surface area contributed by atoms with Crippen LogP contribution in [0.1, 0.15) is 63.9 Å². The molecule has 9 rings (SSSR count). The van der Waals surface area contributed by atoms with Crippen LogP contribution >= 0.6 is 0 Å². The second kappa shape index (κ2) is 10.5. The summed E-state index contributed by atoms with van der Waals surface area (Å²) in [5, 5.41) is 16.7. The van der Waals surface area contributed by atoms with E-state index in [1.54, 1.807) is 18.3 Å². The highest BCUT2D eigenvalue weighted by Gasteiger charge is 2.55. The number of pyridine rings is 1. The molecule has 1 saturated carbocycles. The molecule has 4 aromatic rings. The van der Waals surface area contributed by atoms with Gasteiger partial charge in [0.2, 0.25) is 0 Å². The molecule has 0 radical (unpaired) electrons. The Morgan fingerprint density at radius 2 is 1.96 bits per heavy atom. The molecule has 5 aliphatic rings. The highest BCUT2D eigenvalue weighted by Crippen LogP contribution is 2.51. The zero-order chi connectivity index (χ0) is 30.3. The van der Waals surface area contributed by atoms with Crippen molar-refractivity contribution in [3.05, 3.63) is 47.9 Å². The Labute approximate surface area is 263 Å². The average molecular weight is 609 g/mol. The normalized spacial score (nSPS) is 29.2. The second-order valence-corrected chi connectivity index (χ2v) is 14.2. The molecule has 8 nitrogen and oxygen atoms in total. The van der Waals surface area contributed by atoms with Crippen LogP contribution in [-0.2, 0) is 6.42 Å². The first-order chi connectivity index (χ1) is 22.0. The smallest absolute Gasteiger partial charge is 0.319 e. The monoisotopic (exact) mass is 608 g/mol. The summed E-state index contributed by atoms with van der Waals surface area (Å²) in [4.78, 5) is 19.5. The summed E-state index contributed by atoms with van der Waals surface area (Å²) in [5.41, 5.74) is 2.09. The van der Waals surface area contributed by atoms with E-state index in [1.165, 1.54) is 32.1 Å². The first kappa shape index (κ1) is 27.7. The molecule has 2 aromatic carbocycles. The Morgan fingerprint density at radius 1 is 1.09 bits per heavy atom. The fraction of sp³-hybridized carbons (Fsp3) is 0.528. The Morgan fingerprint density at radius 3 is 2.80 bits per heavy atom. The molecule has 4 saturated heterocycles. The second-order valence-electron chi connectivity index (χ2n) is 14.2. The molecule has 0 amide bonds. The van der Waals surface area contributed by atoms with E-state index in [-0.39, 0.29) is 28.5 Å². The lowest BCUT2D eigenvalue weighted by molar-refractivity contribution is 0.0832. The maximum atomic E-state index is 16.9. The van der Waals surface area contributed by atoms with E-state index in [1.807, 2.05) is 12.1 Å². The zero-order valence-electron chi connectivity index (χ0n) is 25.9. The van der Waals surface area contributed by atoms with Crippen LogP contribution in [0.15, 0.2) is 36.5 Å². The van der Waals surface area contributed by atoms with Gasteiger partial charge in [0.05, 0.1) is 10.9 Å². The molecule has 2 unspecified atom stereocenters. The molecular weight excluding hydrogens is 567 g/mol. The third kappa shape index (κ3) is 4.41. The lowest BCUT2D eigenvalue weighted by Crippen LogP contribution is -2.51. The number of ether oxygens (including phenoxy) is 1. The van der Waals surface area contributed by atoms with Crippen LogP contribution in [0.3, 0.4) is 0 Å². The van der Waals surface area contributed by atoms with E-state index in [0.29, 0.717) is 41.5 Å². The van der Waals surface area contributed by atoms with Crippen molar-refractivity contribution in [2.45, 2.75) is 88.4 Å². The minimum absolute atomic E-state index is 0.0291. The molecule has 5 fully saturated rings. The molecule has 2 N–H and O–H groups in total. The van der Waals surface area contributed by atoms with Crippen LogP contribution in [0, 0.1) is 11.7 Å². The van der Waals surface area contributed by atoms with E-state index in [4.69, 9.17) is 19.7 Å². The summed E-state index contributed by atoms with van der Waals surface area (Å²) < 4.78 is 23.5. The van der Waals surface area contributed by atoms with Crippen LogP contribution in [0.4, 0.5) is 10.2 Å². The SMILES string of the molecule is CCc1cccc2cc(O)cc(-c3ncc4c(N5CC6CCC(C5)N6)nc(OC[C@]56CCCN5[C@@H]5CCC[C@@H]5C6)nc4c3F)c12. The van der Waals surface area contributed by atoms with E-state index < -0.39 is 5.82 Å². The predicted molar refractivity (Wildman–Crippen MR) is 173 cm³/mol. The minimum Gasteiger partial charge on any atom is -0.508 e. The van der Waals surface area contributed by atoms with Gasteiger partial charge in [0.1, 0.15) is 29.4 Å². The van der Waals surface area contributed by atoms with Crippen LogP contribution in [0.2, 0.25) is 0 Å². The number of benzene rings is 2. The van der Waals surface area contributed by atoms with Gasteiger partial charge in [0, 0.05) is 43.0 Å². The average Bonchev–Trinajstić information content (AvgIpc) is 3.81. The maximum Gasteiger partial charge on any atom is 0.319 e. The van der Waals surface area contributed by atoms with Crippen molar-refractivity contribution in [1.29, 1.82) is 0 Å². The summed E-state index contributed by atoms with van der Waals surface area (Å²) in [6, 6.07) is 11.0. The van der Waals surface area contributed by atoms with Crippen molar-refractivity contribution >= 4 is 27.5 Å². The summed E-state index contributed by atoms with van der Waals surface area (Å²) >= 11 is 0. The van der Waals surface area contributed by atoms with Gasteiger partial charge in [-0.3, -0.25) is 9.88 Å². The zero-order valence-corrected chi connectivity index (χ0v) is 25.9. The summed E-state index contributed by atoms with van der Waals surface area (Å²) in [5.74, 6) is 1.03. The van der Waals surface area contributed by atoms with Gasteiger partial charge < -0.3 is 20.1 Å². The van der Waals surface area contributed by atoms with Crippen molar-refractivity contribution in [3.63, 3.8) is 0 Å². The molecule has 2 bridgehead atoms. The topological polar surface area (TPSA) is 86.6 Å². The Bertz CT molecular complexity index is 1800. The van der Waals surface area contributed by atoms with E-state index in [0.717, 1.165) is 67.6 Å². The molecule has 45 heavy (non-hydrogen) atoms. The van der Waals surface area contributed by atoms with E-state index in [9.17, 15) is 5.11 Å². The Balaban J connectivity index is 1.16. The number of piperazine rings is 1. The van der Waals surface area contributed by atoms with Gasteiger partial charge in [-0.25, -0.2) is 4.39 Å². The number of nitrogens with zero attached hydrogens (tertiary/aromatic N) is 5. The number of phenols is 1. The molecule has 4 aliphatic heterocycles. The quantitative estimate of drug-likeness (QED) is 0.277. The van der Waals surface area contributed by atoms with Gasteiger partial charge in [0.25, 0.3) is 0 Å². The molecular formula is C36H41FN6O2. The molecule has 6 heterocycles. The minimum atomic E-state index is -0.507. The van der Waals surface area contributed by atoms with Crippen LogP contribution in [0.25, 0.3) is 32.9 Å². The fourth-order valence-electron chi connectivity index (χ4n) is 9.72. The number of rotatable bonds is 6.